The Labute approximate surface area is 169 Å². The molecular weight excluding hydrogens is 385 g/mol. The van der Waals surface area contributed by atoms with E-state index in [-0.39, 0.29) is 12.2 Å². The highest BCUT2D eigenvalue weighted by atomic mass is 35.5. The van der Waals surface area contributed by atoms with Gasteiger partial charge in [-0.25, -0.2) is 9.80 Å². The number of carbonyl (C=O) groups excluding carboxylic acids is 1. The van der Waals surface area contributed by atoms with Crippen LogP contribution >= 0.6 is 23.2 Å². The number of carbonyl (C=O) groups is 1. The SMILES string of the molecule is CC1OC(=O)C(c2ccccc2)N1N1CCN(c2cccc(Cl)c2Cl)CC1. The predicted octanol–water partition coefficient (Wildman–Crippen LogP) is 3.98. The monoisotopic (exact) mass is 405 g/mol. The zero-order chi connectivity index (χ0) is 19.0. The molecular formula is C20H21Cl2N3O2. The van der Waals surface area contributed by atoms with E-state index in [1.807, 2.05) is 49.4 Å². The van der Waals surface area contributed by atoms with Crippen LogP contribution in [0.5, 0.6) is 0 Å². The summed E-state index contributed by atoms with van der Waals surface area (Å²) in [6.45, 7) is 5.04. The van der Waals surface area contributed by atoms with Crippen molar-refractivity contribution in [2.45, 2.75) is 19.2 Å². The number of anilines is 1. The molecule has 0 spiro atoms. The van der Waals surface area contributed by atoms with Crippen molar-refractivity contribution in [3.63, 3.8) is 0 Å². The summed E-state index contributed by atoms with van der Waals surface area (Å²) in [6, 6.07) is 15.1. The fourth-order valence-corrected chi connectivity index (χ4v) is 4.24. The first kappa shape index (κ1) is 18.6. The van der Waals surface area contributed by atoms with Crippen molar-refractivity contribution in [1.29, 1.82) is 0 Å². The van der Waals surface area contributed by atoms with Gasteiger partial charge in [-0.05, 0) is 24.6 Å². The van der Waals surface area contributed by atoms with E-state index in [1.165, 1.54) is 0 Å². The summed E-state index contributed by atoms with van der Waals surface area (Å²) in [7, 11) is 0. The number of halogens is 2. The van der Waals surface area contributed by atoms with Gasteiger partial charge >= 0.3 is 5.97 Å². The smallest absolute Gasteiger partial charge is 0.331 e. The molecule has 0 bridgehead atoms. The molecule has 7 heteroatoms. The van der Waals surface area contributed by atoms with Crippen LogP contribution in [0.15, 0.2) is 48.5 Å². The third-order valence-electron chi connectivity index (χ3n) is 5.12. The summed E-state index contributed by atoms with van der Waals surface area (Å²) in [5, 5.41) is 5.42. The van der Waals surface area contributed by atoms with Crippen LogP contribution < -0.4 is 4.90 Å². The number of ether oxygens (including phenoxy) is 1. The minimum Gasteiger partial charge on any atom is -0.444 e. The van der Waals surface area contributed by atoms with Gasteiger partial charge in [0.25, 0.3) is 0 Å². The molecule has 2 aliphatic rings. The van der Waals surface area contributed by atoms with E-state index in [0.717, 1.165) is 37.4 Å². The molecule has 2 saturated heterocycles. The molecule has 0 N–H and O–H groups in total. The maximum Gasteiger partial charge on any atom is 0.331 e. The van der Waals surface area contributed by atoms with Crippen molar-refractivity contribution in [3.8, 4) is 0 Å². The Morgan fingerprint density at radius 3 is 2.37 bits per heavy atom. The highest BCUT2D eigenvalue weighted by Gasteiger charge is 2.44. The molecule has 2 heterocycles. The highest BCUT2D eigenvalue weighted by Crippen LogP contribution is 2.36. The van der Waals surface area contributed by atoms with Crippen molar-refractivity contribution < 1.29 is 9.53 Å². The Morgan fingerprint density at radius 1 is 0.963 bits per heavy atom. The van der Waals surface area contributed by atoms with Crippen molar-refractivity contribution >= 4 is 34.9 Å². The van der Waals surface area contributed by atoms with E-state index in [1.54, 1.807) is 6.07 Å². The van der Waals surface area contributed by atoms with Crippen molar-refractivity contribution in [2.24, 2.45) is 0 Å². The molecule has 0 saturated carbocycles. The lowest BCUT2D eigenvalue weighted by Crippen LogP contribution is -2.55. The van der Waals surface area contributed by atoms with Gasteiger partial charge in [-0.3, -0.25) is 0 Å². The number of hydrazine groups is 1. The first-order valence-electron chi connectivity index (χ1n) is 9.04. The van der Waals surface area contributed by atoms with Gasteiger partial charge in [0, 0.05) is 26.2 Å². The first-order chi connectivity index (χ1) is 13.1. The standard InChI is InChI=1S/C20H21Cl2N3O2/c1-14-25(19(20(26)27-14)15-6-3-2-4-7-15)24-12-10-23(11-13-24)17-9-5-8-16(21)18(17)22/h2-9,14,19H,10-13H2,1H3. The van der Waals surface area contributed by atoms with Crippen LogP contribution in [-0.2, 0) is 9.53 Å². The topological polar surface area (TPSA) is 36.0 Å². The highest BCUT2D eigenvalue weighted by molar-refractivity contribution is 6.43. The lowest BCUT2D eigenvalue weighted by molar-refractivity contribution is -0.143. The second kappa shape index (κ2) is 7.68. The Bertz CT molecular complexity index is 825. The number of piperazine rings is 1. The first-order valence-corrected chi connectivity index (χ1v) is 9.79. The van der Waals surface area contributed by atoms with Gasteiger partial charge < -0.3 is 9.64 Å². The maximum absolute atomic E-state index is 12.5. The zero-order valence-electron chi connectivity index (χ0n) is 15.0. The molecule has 142 valence electrons. The van der Waals surface area contributed by atoms with Crippen molar-refractivity contribution in [1.82, 2.24) is 10.0 Å². The summed E-state index contributed by atoms with van der Waals surface area (Å²) in [4.78, 5) is 14.7. The van der Waals surface area contributed by atoms with Gasteiger partial charge in [0.1, 0.15) is 0 Å². The molecule has 2 aliphatic heterocycles. The minimum absolute atomic E-state index is 0.200. The molecule has 5 nitrogen and oxygen atoms in total. The summed E-state index contributed by atoms with van der Waals surface area (Å²) in [5.41, 5.74) is 1.90. The summed E-state index contributed by atoms with van der Waals surface area (Å²) >= 11 is 12.5. The van der Waals surface area contributed by atoms with Crippen LogP contribution in [0.2, 0.25) is 10.0 Å². The van der Waals surface area contributed by atoms with Crippen LogP contribution in [0, 0.1) is 0 Å². The fourth-order valence-electron chi connectivity index (χ4n) is 3.83. The van der Waals surface area contributed by atoms with E-state index in [4.69, 9.17) is 27.9 Å². The van der Waals surface area contributed by atoms with E-state index in [9.17, 15) is 4.79 Å². The Kier molecular flexibility index (Phi) is 5.28. The zero-order valence-corrected chi connectivity index (χ0v) is 16.5. The van der Waals surface area contributed by atoms with E-state index in [2.05, 4.69) is 14.9 Å². The number of nitrogens with zero attached hydrogens (tertiary/aromatic N) is 3. The van der Waals surface area contributed by atoms with Gasteiger partial charge in [0.15, 0.2) is 12.3 Å². The Morgan fingerprint density at radius 2 is 1.67 bits per heavy atom. The molecule has 0 radical (unpaired) electrons. The third-order valence-corrected chi connectivity index (χ3v) is 5.93. The van der Waals surface area contributed by atoms with Gasteiger partial charge in [-0.15, -0.1) is 0 Å². The minimum atomic E-state index is -0.400. The molecule has 2 aromatic carbocycles. The maximum atomic E-state index is 12.5. The van der Waals surface area contributed by atoms with Crippen LogP contribution in [0.4, 0.5) is 5.69 Å². The van der Waals surface area contributed by atoms with E-state index >= 15 is 0 Å². The lowest BCUT2D eigenvalue weighted by atomic mass is 10.1. The van der Waals surface area contributed by atoms with Gasteiger partial charge in [0.05, 0.1) is 15.7 Å². The second-order valence-electron chi connectivity index (χ2n) is 6.74. The quantitative estimate of drug-likeness (QED) is 0.721. The normalized spacial score (nSPS) is 24.3. The Hall–Kier alpha value is -1.79. The summed E-state index contributed by atoms with van der Waals surface area (Å²) < 4.78 is 5.53. The van der Waals surface area contributed by atoms with Crippen molar-refractivity contribution in [3.05, 3.63) is 64.1 Å². The molecule has 2 fully saturated rings. The lowest BCUT2D eigenvalue weighted by Gasteiger charge is -2.42. The molecule has 0 aromatic heterocycles. The number of cyclic esters (lactones) is 1. The second-order valence-corrected chi connectivity index (χ2v) is 7.53. The van der Waals surface area contributed by atoms with Gasteiger partial charge in [-0.1, -0.05) is 59.6 Å². The molecule has 0 aliphatic carbocycles. The van der Waals surface area contributed by atoms with E-state index < -0.39 is 6.04 Å². The molecule has 27 heavy (non-hydrogen) atoms. The van der Waals surface area contributed by atoms with Crippen LogP contribution in [0.25, 0.3) is 0 Å². The molecule has 0 amide bonds. The van der Waals surface area contributed by atoms with Crippen LogP contribution in [0.1, 0.15) is 18.5 Å². The fraction of sp³-hybridized carbons (Fsp3) is 0.350. The number of rotatable bonds is 3. The van der Waals surface area contributed by atoms with Crippen molar-refractivity contribution in [2.75, 3.05) is 31.1 Å². The molecule has 4 rings (SSSR count). The van der Waals surface area contributed by atoms with Crippen LogP contribution in [0.3, 0.4) is 0 Å². The largest absolute Gasteiger partial charge is 0.444 e. The number of hydrogen-bond acceptors (Lipinski definition) is 5. The third kappa shape index (κ3) is 3.52. The number of esters is 1. The molecule has 2 atom stereocenters. The summed E-state index contributed by atoms with van der Waals surface area (Å²) in [6.07, 6.45) is -0.288. The molecule has 2 aromatic rings. The number of benzene rings is 2. The van der Waals surface area contributed by atoms with Gasteiger partial charge in [-0.2, -0.15) is 5.01 Å². The Balaban J connectivity index is 1.51. The summed E-state index contributed by atoms with van der Waals surface area (Å²) in [5.74, 6) is -0.200. The average Bonchev–Trinajstić information content (AvgIpc) is 2.99. The van der Waals surface area contributed by atoms with E-state index in [0.29, 0.717) is 10.0 Å². The number of hydrogen-bond donors (Lipinski definition) is 0. The molecule has 2 unspecified atom stereocenters. The van der Waals surface area contributed by atoms with Crippen LogP contribution in [-0.4, -0.2) is 48.4 Å². The van der Waals surface area contributed by atoms with Gasteiger partial charge in [0.2, 0.25) is 0 Å². The predicted molar refractivity (Wildman–Crippen MR) is 107 cm³/mol. The average molecular weight is 406 g/mol.